The average Bonchev–Trinajstić information content (AvgIpc) is 2.97. The van der Waals surface area contributed by atoms with E-state index in [0.29, 0.717) is 5.92 Å². The van der Waals surface area contributed by atoms with Crippen LogP contribution < -0.4 is 0 Å². The average molecular weight is 378 g/mol. The molecule has 3 heterocycles. The predicted molar refractivity (Wildman–Crippen MR) is 114 cm³/mol. The monoisotopic (exact) mass is 377 g/mol. The summed E-state index contributed by atoms with van der Waals surface area (Å²) < 4.78 is 1.86. The highest BCUT2D eigenvalue weighted by Crippen LogP contribution is 2.19. The lowest BCUT2D eigenvalue weighted by Gasteiger charge is -2.34. The molecule has 0 saturated carbocycles. The smallest absolute Gasteiger partial charge is 0.157 e. The van der Waals surface area contributed by atoms with Crippen LogP contribution in [0, 0.1) is 6.92 Å². The molecule has 1 fully saturated rings. The maximum Gasteiger partial charge on any atom is 0.157 e. The summed E-state index contributed by atoms with van der Waals surface area (Å²) in [6.45, 7) is 13.0. The second kappa shape index (κ2) is 8.02. The molecule has 148 valence electrons. The van der Waals surface area contributed by atoms with Crippen molar-refractivity contribution in [2.75, 3.05) is 26.2 Å². The number of aryl methyl sites for hydroxylation is 2. The first-order chi connectivity index (χ1) is 13.5. The van der Waals surface area contributed by atoms with Gasteiger partial charge in [-0.1, -0.05) is 38.1 Å². The fourth-order valence-corrected chi connectivity index (χ4v) is 4.07. The second-order valence-corrected chi connectivity index (χ2v) is 8.37. The van der Waals surface area contributed by atoms with Crippen molar-refractivity contribution in [2.24, 2.45) is 7.05 Å². The van der Waals surface area contributed by atoms with Crippen LogP contribution in [0.1, 0.15) is 42.1 Å². The van der Waals surface area contributed by atoms with Gasteiger partial charge in [0.1, 0.15) is 0 Å². The third-order valence-corrected chi connectivity index (χ3v) is 5.84. The zero-order valence-electron chi connectivity index (χ0n) is 17.5. The Bertz CT molecular complexity index is 934. The Labute approximate surface area is 168 Å². The summed E-state index contributed by atoms with van der Waals surface area (Å²) in [6, 6.07) is 11.4. The summed E-state index contributed by atoms with van der Waals surface area (Å²) in [6.07, 6.45) is 2.01. The SMILES string of the molecule is Cc1nn(C)c2ncc(CN3CCN(Cc4ccc(C(C)C)cc4)CC3)cc12. The molecule has 1 saturated heterocycles. The lowest BCUT2D eigenvalue weighted by molar-refractivity contribution is 0.122. The molecule has 28 heavy (non-hydrogen) atoms. The molecule has 0 atom stereocenters. The predicted octanol–water partition coefficient (Wildman–Crippen LogP) is 3.72. The summed E-state index contributed by atoms with van der Waals surface area (Å²) in [7, 11) is 1.96. The van der Waals surface area contributed by atoms with Crippen molar-refractivity contribution < 1.29 is 0 Å². The summed E-state index contributed by atoms with van der Waals surface area (Å²) in [5.74, 6) is 0.599. The number of fused-ring (bicyclic) bond motifs is 1. The number of pyridine rings is 1. The summed E-state index contributed by atoms with van der Waals surface area (Å²) in [4.78, 5) is 9.72. The van der Waals surface area contributed by atoms with Gasteiger partial charge >= 0.3 is 0 Å². The fourth-order valence-electron chi connectivity index (χ4n) is 4.07. The van der Waals surface area contributed by atoms with Gasteiger partial charge in [0.25, 0.3) is 0 Å². The third-order valence-electron chi connectivity index (χ3n) is 5.84. The van der Waals surface area contributed by atoms with Gasteiger partial charge in [0.15, 0.2) is 5.65 Å². The van der Waals surface area contributed by atoms with E-state index in [-0.39, 0.29) is 0 Å². The minimum atomic E-state index is 0.599. The minimum Gasteiger partial charge on any atom is -0.297 e. The maximum absolute atomic E-state index is 4.62. The van der Waals surface area contributed by atoms with E-state index in [2.05, 4.69) is 71.0 Å². The fraction of sp³-hybridized carbons (Fsp3) is 0.478. The molecule has 0 amide bonds. The van der Waals surface area contributed by atoms with E-state index in [4.69, 9.17) is 0 Å². The van der Waals surface area contributed by atoms with Crippen LogP contribution in [0.2, 0.25) is 0 Å². The van der Waals surface area contributed by atoms with E-state index in [1.54, 1.807) is 0 Å². The van der Waals surface area contributed by atoms with Gasteiger partial charge in [-0.25, -0.2) is 4.98 Å². The highest BCUT2D eigenvalue weighted by atomic mass is 15.3. The number of hydrogen-bond acceptors (Lipinski definition) is 4. The first-order valence-electron chi connectivity index (χ1n) is 10.3. The molecular weight excluding hydrogens is 346 g/mol. The molecule has 0 radical (unpaired) electrons. The van der Waals surface area contributed by atoms with E-state index >= 15 is 0 Å². The molecule has 0 aliphatic carbocycles. The van der Waals surface area contributed by atoms with E-state index in [9.17, 15) is 0 Å². The molecule has 1 aliphatic rings. The van der Waals surface area contributed by atoms with Gasteiger partial charge < -0.3 is 0 Å². The molecule has 5 nitrogen and oxygen atoms in total. The molecule has 5 heteroatoms. The Hall–Kier alpha value is -2.24. The number of rotatable bonds is 5. The Kier molecular flexibility index (Phi) is 5.47. The molecule has 0 unspecified atom stereocenters. The van der Waals surface area contributed by atoms with Crippen molar-refractivity contribution in [1.29, 1.82) is 0 Å². The van der Waals surface area contributed by atoms with Gasteiger partial charge in [-0.2, -0.15) is 5.10 Å². The lowest BCUT2D eigenvalue weighted by atomic mass is 10.0. The van der Waals surface area contributed by atoms with Gasteiger partial charge in [0, 0.05) is 57.9 Å². The van der Waals surface area contributed by atoms with Crippen molar-refractivity contribution >= 4 is 11.0 Å². The van der Waals surface area contributed by atoms with Gasteiger partial charge in [0.2, 0.25) is 0 Å². The summed E-state index contributed by atoms with van der Waals surface area (Å²) in [5.41, 5.74) is 6.14. The number of benzene rings is 1. The quantitative estimate of drug-likeness (QED) is 0.679. The molecule has 3 aromatic rings. The van der Waals surface area contributed by atoms with Crippen LogP contribution in [0.5, 0.6) is 0 Å². The van der Waals surface area contributed by atoms with Crippen LogP contribution in [0.4, 0.5) is 0 Å². The van der Waals surface area contributed by atoms with Crippen LogP contribution in [0.3, 0.4) is 0 Å². The number of aromatic nitrogens is 3. The first kappa shape index (κ1) is 19.1. The Morgan fingerprint density at radius 1 is 0.929 bits per heavy atom. The zero-order chi connectivity index (χ0) is 19.7. The Balaban J connectivity index is 1.32. The van der Waals surface area contributed by atoms with Gasteiger partial charge in [-0.3, -0.25) is 14.5 Å². The zero-order valence-corrected chi connectivity index (χ0v) is 17.5. The molecule has 0 N–H and O–H groups in total. The van der Waals surface area contributed by atoms with E-state index in [1.807, 2.05) is 17.9 Å². The standard InChI is InChI=1S/C23H31N5/c1-17(2)21-7-5-19(6-8-21)15-27-9-11-28(12-10-27)16-20-13-22-18(3)25-26(4)23(22)24-14-20/h5-8,13-14,17H,9-12,15-16H2,1-4H3. The van der Waals surface area contributed by atoms with Crippen LogP contribution in [-0.4, -0.2) is 50.7 Å². The van der Waals surface area contributed by atoms with Crippen LogP contribution in [0.25, 0.3) is 11.0 Å². The first-order valence-corrected chi connectivity index (χ1v) is 10.3. The molecule has 0 bridgehead atoms. The lowest BCUT2D eigenvalue weighted by Crippen LogP contribution is -2.45. The normalized spacial score (nSPS) is 16.3. The Morgan fingerprint density at radius 3 is 2.14 bits per heavy atom. The summed E-state index contributed by atoms with van der Waals surface area (Å²) >= 11 is 0. The van der Waals surface area contributed by atoms with E-state index in [0.717, 1.165) is 50.6 Å². The van der Waals surface area contributed by atoms with Gasteiger partial charge in [-0.15, -0.1) is 0 Å². The van der Waals surface area contributed by atoms with Gasteiger partial charge in [-0.05, 0) is 35.6 Å². The van der Waals surface area contributed by atoms with Crippen LogP contribution in [0.15, 0.2) is 36.5 Å². The molecule has 4 rings (SSSR count). The minimum absolute atomic E-state index is 0.599. The molecule has 1 aromatic carbocycles. The molecule has 0 spiro atoms. The number of nitrogens with zero attached hydrogens (tertiary/aromatic N) is 5. The van der Waals surface area contributed by atoms with Crippen molar-refractivity contribution in [3.05, 3.63) is 58.9 Å². The second-order valence-electron chi connectivity index (χ2n) is 8.37. The van der Waals surface area contributed by atoms with Crippen molar-refractivity contribution in [3.63, 3.8) is 0 Å². The highest BCUT2D eigenvalue weighted by molar-refractivity contribution is 5.78. The van der Waals surface area contributed by atoms with Crippen LogP contribution in [-0.2, 0) is 20.1 Å². The summed E-state index contributed by atoms with van der Waals surface area (Å²) in [5, 5.41) is 5.65. The van der Waals surface area contributed by atoms with Crippen molar-refractivity contribution in [2.45, 2.75) is 39.8 Å². The maximum atomic E-state index is 4.62. The van der Waals surface area contributed by atoms with E-state index < -0.39 is 0 Å². The van der Waals surface area contributed by atoms with Crippen LogP contribution >= 0.6 is 0 Å². The number of hydrogen-bond donors (Lipinski definition) is 0. The molecule has 1 aliphatic heterocycles. The van der Waals surface area contributed by atoms with Gasteiger partial charge in [0.05, 0.1) is 5.69 Å². The highest BCUT2D eigenvalue weighted by Gasteiger charge is 2.18. The van der Waals surface area contributed by atoms with E-state index in [1.165, 1.54) is 22.1 Å². The largest absolute Gasteiger partial charge is 0.297 e. The topological polar surface area (TPSA) is 37.2 Å². The van der Waals surface area contributed by atoms with Crippen molar-refractivity contribution in [3.8, 4) is 0 Å². The molecular formula is C23H31N5. The Morgan fingerprint density at radius 2 is 1.54 bits per heavy atom. The number of piperazine rings is 1. The third kappa shape index (κ3) is 4.10. The molecule has 2 aromatic heterocycles. The van der Waals surface area contributed by atoms with Crippen molar-refractivity contribution in [1.82, 2.24) is 24.6 Å².